The Morgan fingerprint density at radius 2 is 1.95 bits per heavy atom. The molecule has 0 spiro atoms. The summed E-state index contributed by atoms with van der Waals surface area (Å²) in [5.41, 5.74) is 0.338. The maximum Gasteiger partial charge on any atom is 0.0546 e. The van der Waals surface area contributed by atoms with Crippen molar-refractivity contribution in [1.29, 1.82) is 0 Å². The largest absolute Gasteiger partial charge is 0.381 e. The van der Waals surface area contributed by atoms with Crippen LogP contribution < -0.4 is 5.32 Å². The highest BCUT2D eigenvalue weighted by molar-refractivity contribution is 4.91. The monoisotopic (exact) mass is 295 g/mol. The van der Waals surface area contributed by atoms with Gasteiger partial charge in [0, 0.05) is 63.4 Å². The maximum atomic E-state index is 5.85. The van der Waals surface area contributed by atoms with Crippen molar-refractivity contribution in [3.05, 3.63) is 0 Å². The van der Waals surface area contributed by atoms with Crippen LogP contribution in [0.3, 0.4) is 0 Å². The second-order valence-electron chi connectivity index (χ2n) is 7.74. The van der Waals surface area contributed by atoms with Gasteiger partial charge in [-0.1, -0.05) is 13.8 Å². The van der Waals surface area contributed by atoms with Gasteiger partial charge in [0.2, 0.25) is 0 Å². The van der Waals surface area contributed by atoms with Crippen molar-refractivity contribution < 1.29 is 4.74 Å². The van der Waals surface area contributed by atoms with Crippen LogP contribution in [0.15, 0.2) is 0 Å². The van der Waals surface area contributed by atoms with E-state index in [9.17, 15) is 0 Å². The van der Waals surface area contributed by atoms with Crippen LogP contribution in [0, 0.1) is 5.41 Å². The Labute approximate surface area is 130 Å². The predicted octanol–water partition coefficient (Wildman–Crippen LogP) is 1.56. The van der Waals surface area contributed by atoms with Gasteiger partial charge in [-0.05, 0) is 25.7 Å². The van der Waals surface area contributed by atoms with Crippen molar-refractivity contribution in [1.82, 2.24) is 15.1 Å². The first-order valence-electron chi connectivity index (χ1n) is 8.94. The molecule has 0 radical (unpaired) electrons. The number of rotatable bonds is 6. The van der Waals surface area contributed by atoms with E-state index < -0.39 is 0 Å². The third kappa shape index (κ3) is 4.41. The van der Waals surface area contributed by atoms with Crippen molar-refractivity contribution in [3.8, 4) is 0 Å². The molecule has 0 bridgehead atoms. The lowest BCUT2D eigenvalue weighted by molar-refractivity contribution is -0.0339. The van der Waals surface area contributed by atoms with Crippen molar-refractivity contribution in [2.45, 2.75) is 51.6 Å². The lowest BCUT2D eigenvalue weighted by atomic mass is 9.81. The first kappa shape index (κ1) is 15.7. The molecule has 1 saturated carbocycles. The van der Waals surface area contributed by atoms with E-state index in [4.69, 9.17) is 4.74 Å². The minimum Gasteiger partial charge on any atom is -0.381 e. The summed E-state index contributed by atoms with van der Waals surface area (Å²) in [6.07, 6.45) is 5.42. The lowest BCUT2D eigenvalue weighted by Crippen LogP contribution is -2.54. The molecule has 2 aliphatic heterocycles. The molecule has 0 aromatic heterocycles. The second kappa shape index (κ2) is 6.95. The van der Waals surface area contributed by atoms with E-state index in [0.717, 1.165) is 25.8 Å². The van der Waals surface area contributed by atoms with Crippen LogP contribution in [0.25, 0.3) is 0 Å². The standard InChI is InChI=1S/C17H33N3O/c1-15(2)18-12-17(6-3-11-21-14-17)13-19-7-9-20(10-8-19)16-4-5-16/h15-16,18H,3-14H2,1-2H3. The number of nitrogens with one attached hydrogen (secondary N) is 1. The van der Waals surface area contributed by atoms with Gasteiger partial charge in [0.25, 0.3) is 0 Å². The zero-order chi connectivity index (χ0) is 14.7. The predicted molar refractivity (Wildman–Crippen MR) is 86.7 cm³/mol. The van der Waals surface area contributed by atoms with Crippen molar-refractivity contribution in [2.24, 2.45) is 5.41 Å². The van der Waals surface area contributed by atoms with Gasteiger partial charge < -0.3 is 15.0 Å². The van der Waals surface area contributed by atoms with Gasteiger partial charge in [-0.15, -0.1) is 0 Å². The molecule has 3 aliphatic rings. The van der Waals surface area contributed by atoms with Crippen LogP contribution in [-0.2, 0) is 4.74 Å². The number of hydrogen-bond acceptors (Lipinski definition) is 4. The van der Waals surface area contributed by atoms with Crippen LogP contribution in [0.2, 0.25) is 0 Å². The molecule has 4 heteroatoms. The van der Waals surface area contributed by atoms with Crippen LogP contribution in [0.5, 0.6) is 0 Å². The molecular formula is C17H33N3O. The minimum absolute atomic E-state index is 0.338. The molecule has 1 unspecified atom stereocenters. The molecule has 2 saturated heterocycles. The highest BCUT2D eigenvalue weighted by atomic mass is 16.5. The maximum absolute atomic E-state index is 5.85. The van der Waals surface area contributed by atoms with Gasteiger partial charge in [0.1, 0.15) is 0 Å². The summed E-state index contributed by atoms with van der Waals surface area (Å²) < 4.78 is 5.85. The first-order chi connectivity index (χ1) is 10.2. The summed E-state index contributed by atoms with van der Waals surface area (Å²) in [6.45, 7) is 13.8. The molecule has 3 fully saturated rings. The van der Waals surface area contributed by atoms with Crippen LogP contribution in [0.4, 0.5) is 0 Å². The highest BCUT2D eigenvalue weighted by Crippen LogP contribution is 2.31. The Kier molecular flexibility index (Phi) is 5.20. The van der Waals surface area contributed by atoms with Gasteiger partial charge in [0.15, 0.2) is 0 Å². The minimum atomic E-state index is 0.338. The van der Waals surface area contributed by atoms with Gasteiger partial charge in [0.05, 0.1) is 6.61 Å². The van der Waals surface area contributed by atoms with E-state index in [0.29, 0.717) is 11.5 Å². The summed E-state index contributed by atoms with van der Waals surface area (Å²) in [5, 5.41) is 3.67. The summed E-state index contributed by atoms with van der Waals surface area (Å²) >= 11 is 0. The van der Waals surface area contributed by atoms with Crippen LogP contribution >= 0.6 is 0 Å². The average molecular weight is 295 g/mol. The molecule has 122 valence electrons. The SMILES string of the molecule is CC(C)NCC1(CN2CCN(C3CC3)CC2)CCCOC1. The average Bonchev–Trinajstić information content (AvgIpc) is 3.32. The fraction of sp³-hybridized carbons (Fsp3) is 1.00. The van der Waals surface area contributed by atoms with E-state index in [1.54, 1.807) is 0 Å². The van der Waals surface area contributed by atoms with Crippen LogP contribution in [0.1, 0.15) is 39.5 Å². The molecule has 21 heavy (non-hydrogen) atoms. The second-order valence-corrected chi connectivity index (χ2v) is 7.74. The van der Waals surface area contributed by atoms with Gasteiger partial charge in [-0.25, -0.2) is 0 Å². The van der Waals surface area contributed by atoms with E-state index in [1.165, 1.54) is 58.4 Å². The molecule has 1 atom stereocenters. The molecule has 0 amide bonds. The number of piperazine rings is 1. The molecule has 1 aliphatic carbocycles. The Balaban J connectivity index is 1.51. The number of ether oxygens (including phenoxy) is 1. The number of hydrogen-bond donors (Lipinski definition) is 1. The smallest absolute Gasteiger partial charge is 0.0546 e. The molecular weight excluding hydrogens is 262 g/mol. The quantitative estimate of drug-likeness (QED) is 0.805. The van der Waals surface area contributed by atoms with E-state index >= 15 is 0 Å². The Morgan fingerprint density at radius 1 is 1.19 bits per heavy atom. The van der Waals surface area contributed by atoms with Crippen molar-refractivity contribution in [2.75, 3.05) is 52.5 Å². The summed E-state index contributed by atoms with van der Waals surface area (Å²) in [5.74, 6) is 0. The van der Waals surface area contributed by atoms with E-state index in [-0.39, 0.29) is 0 Å². The summed E-state index contributed by atoms with van der Waals surface area (Å²) in [6, 6.07) is 1.50. The van der Waals surface area contributed by atoms with Crippen LogP contribution in [-0.4, -0.2) is 74.4 Å². The van der Waals surface area contributed by atoms with Gasteiger partial charge in [-0.3, -0.25) is 4.90 Å². The Bertz CT molecular complexity index is 316. The molecule has 2 heterocycles. The molecule has 4 nitrogen and oxygen atoms in total. The third-order valence-corrected chi connectivity index (χ3v) is 5.32. The third-order valence-electron chi connectivity index (χ3n) is 5.32. The fourth-order valence-corrected chi connectivity index (χ4v) is 3.85. The summed E-state index contributed by atoms with van der Waals surface area (Å²) in [4.78, 5) is 5.39. The topological polar surface area (TPSA) is 27.7 Å². The Morgan fingerprint density at radius 3 is 2.52 bits per heavy atom. The molecule has 0 aromatic carbocycles. The molecule has 1 N–H and O–H groups in total. The normalized spacial score (nSPS) is 32.7. The highest BCUT2D eigenvalue weighted by Gasteiger charge is 2.37. The van der Waals surface area contributed by atoms with Crippen molar-refractivity contribution >= 4 is 0 Å². The fourth-order valence-electron chi connectivity index (χ4n) is 3.85. The number of nitrogens with zero attached hydrogens (tertiary/aromatic N) is 2. The van der Waals surface area contributed by atoms with Gasteiger partial charge >= 0.3 is 0 Å². The summed E-state index contributed by atoms with van der Waals surface area (Å²) in [7, 11) is 0. The first-order valence-corrected chi connectivity index (χ1v) is 8.94. The zero-order valence-corrected chi connectivity index (χ0v) is 13.9. The Hall–Kier alpha value is -0.160. The molecule has 0 aromatic rings. The lowest BCUT2D eigenvalue weighted by Gasteiger charge is -2.44. The van der Waals surface area contributed by atoms with E-state index in [1.807, 2.05) is 0 Å². The molecule has 3 rings (SSSR count). The van der Waals surface area contributed by atoms with Crippen molar-refractivity contribution in [3.63, 3.8) is 0 Å². The zero-order valence-electron chi connectivity index (χ0n) is 13.9. The van der Waals surface area contributed by atoms with Gasteiger partial charge in [-0.2, -0.15) is 0 Å². The van der Waals surface area contributed by atoms with E-state index in [2.05, 4.69) is 29.0 Å².